The Balaban J connectivity index is 1.64. The second-order valence-corrected chi connectivity index (χ2v) is 23.6. The van der Waals surface area contributed by atoms with Gasteiger partial charge in [-0.3, -0.25) is 9.36 Å². The average Bonchev–Trinajstić information content (AvgIpc) is 3.45. The molecule has 0 aliphatic carbocycles. The molecular formula is C30H46N4O4Si2. The van der Waals surface area contributed by atoms with Crippen molar-refractivity contribution in [2.45, 2.75) is 110 Å². The number of aromatic nitrogens is 4. The Morgan fingerprint density at radius 3 is 2.17 bits per heavy atom. The number of nitrogens with zero attached hydrogens (tertiary/aromatic N) is 4. The number of carbonyl (C=O) groups excluding carboxylic acids is 1. The fourth-order valence-electron chi connectivity index (χ4n) is 4.34. The van der Waals surface area contributed by atoms with Gasteiger partial charge in [-0.25, -0.2) is 15.0 Å². The largest absolute Gasteiger partial charge is 0.414 e. The Hall–Kier alpha value is -2.25. The third-order valence-electron chi connectivity index (χ3n) is 9.08. The topological polar surface area (TPSA) is 88.4 Å². The summed E-state index contributed by atoms with van der Waals surface area (Å²) in [6.07, 6.45) is 3.48. The van der Waals surface area contributed by atoms with Crippen LogP contribution in [0.25, 0.3) is 22.4 Å². The van der Waals surface area contributed by atoms with Gasteiger partial charge in [-0.15, -0.1) is 0 Å². The third-order valence-corrected chi connectivity index (χ3v) is 18.1. The highest BCUT2D eigenvalue weighted by Crippen LogP contribution is 2.43. The summed E-state index contributed by atoms with van der Waals surface area (Å²) >= 11 is 0. The van der Waals surface area contributed by atoms with E-state index in [4.69, 9.17) is 18.6 Å². The van der Waals surface area contributed by atoms with Crippen LogP contribution in [-0.4, -0.2) is 60.8 Å². The molecular weight excluding hydrogens is 537 g/mol. The molecule has 218 valence electrons. The molecule has 3 atom stereocenters. The summed E-state index contributed by atoms with van der Waals surface area (Å²) in [6.45, 7) is 24.7. The Morgan fingerprint density at radius 1 is 0.975 bits per heavy atom. The van der Waals surface area contributed by atoms with Crippen LogP contribution in [-0.2, 0) is 13.6 Å². The van der Waals surface area contributed by atoms with E-state index in [1.165, 1.54) is 0 Å². The molecule has 0 radical (unpaired) electrons. The second-order valence-electron chi connectivity index (χ2n) is 14.0. The van der Waals surface area contributed by atoms with Gasteiger partial charge in [0.25, 0.3) is 0 Å². The number of fused-ring (bicyclic) bond motifs is 1. The van der Waals surface area contributed by atoms with Crippen LogP contribution in [0.1, 0.15) is 71.5 Å². The number of imidazole rings is 1. The highest BCUT2D eigenvalue weighted by atomic mass is 28.4. The van der Waals surface area contributed by atoms with Gasteiger partial charge in [0, 0.05) is 17.5 Å². The van der Waals surface area contributed by atoms with E-state index >= 15 is 0 Å². The summed E-state index contributed by atoms with van der Waals surface area (Å²) in [5.41, 5.74) is 3.68. The maximum Gasteiger partial charge on any atom is 0.192 e. The van der Waals surface area contributed by atoms with E-state index < -0.39 is 16.6 Å². The second kappa shape index (κ2) is 10.9. The van der Waals surface area contributed by atoms with E-state index in [1.54, 1.807) is 19.6 Å². The summed E-state index contributed by atoms with van der Waals surface area (Å²) in [7, 11) is -4.03. The number of rotatable bonds is 8. The Bertz CT molecular complexity index is 1360. The molecule has 1 aliphatic rings. The molecule has 1 saturated heterocycles. The van der Waals surface area contributed by atoms with E-state index in [1.807, 2.05) is 28.8 Å². The first-order chi connectivity index (χ1) is 18.4. The lowest BCUT2D eigenvalue weighted by Crippen LogP contribution is -2.48. The normalized spacial score (nSPS) is 20.8. The summed E-state index contributed by atoms with van der Waals surface area (Å²) < 4.78 is 22.3. The smallest absolute Gasteiger partial charge is 0.192 e. The monoisotopic (exact) mass is 582 g/mol. The zero-order valence-corrected chi connectivity index (χ0v) is 28.0. The van der Waals surface area contributed by atoms with Crippen molar-refractivity contribution in [3.8, 4) is 11.3 Å². The van der Waals surface area contributed by atoms with Crippen molar-refractivity contribution in [2.24, 2.45) is 0 Å². The highest BCUT2D eigenvalue weighted by molar-refractivity contribution is 6.74. The maximum atomic E-state index is 11.7. The van der Waals surface area contributed by atoms with Gasteiger partial charge in [-0.2, -0.15) is 0 Å². The zero-order chi connectivity index (χ0) is 29.7. The van der Waals surface area contributed by atoms with Gasteiger partial charge in [-0.05, 0) is 43.2 Å². The minimum absolute atomic E-state index is 0.0311. The highest BCUT2D eigenvalue weighted by Gasteiger charge is 2.46. The molecule has 3 aromatic rings. The minimum Gasteiger partial charge on any atom is -0.414 e. The van der Waals surface area contributed by atoms with E-state index in [0.29, 0.717) is 29.8 Å². The number of ether oxygens (including phenoxy) is 1. The fourth-order valence-corrected chi connectivity index (χ4v) is 6.72. The van der Waals surface area contributed by atoms with Gasteiger partial charge in [0.1, 0.15) is 29.9 Å². The maximum absolute atomic E-state index is 11.7. The van der Waals surface area contributed by atoms with Crippen molar-refractivity contribution in [2.75, 3.05) is 6.61 Å². The van der Waals surface area contributed by atoms with Gasteiger partial charge < -0.3 is 13.6 Å². The van der Waals surface area contributed by atoms with E-state index in [0.717, 1.165) is 11.3 Å². The molecule has 4 rings (SSSR count). The first kappa shape index (κ1) is 30.7. The van der Waals surface area contributed by atoms with Crippen LogP contribution in [0.5, 0.6) is 0 Å². The van der Waals surface area contributed by atoms with Crippen LogP contribution < -0.4 is 0 Å². The lowest BCUT2D eigenvalue weighted by atomic mass is 10.1. The molecule has 0 bridgehead atoms. The lowest BCUT2D eigenvalue weighted by molar-refractivity contribution is -0.0383. The van der Waals surface area contributed by atoms with Crippen LogP contribution >= 0.6 is 0 Å². The molecule has 0 unspecified atom stereocenters. The summed E-state index contributed by atoms with van der Waals surface area (Å²) in [5, 5.41) is 0.189. The summed E-state index contributed by atoms with van der Waals surface area (Å²) in [6, 6.07) is 7.44. The predicted octanol–water partition coefficient (Wildman–Crippen LogP) is 7.40. The van der Waals surface area contributed by atoms with Gasteiger partial charge in [0.05, 0.1) is 19.0 Å². The third kappa shape index (κ3) is 6.16. The number of hydrogen-bond acceptors (Lipinski definition) is 7. The Morgan fingerprint density at radius 2 is 1.60 bits per heavy atom. The standard InChI is InChI=1S/C30H46N4O4Si2/c1-20(35)21-12-14-22(15-13-21)26-27-28(32-18-31-26)34(19-33-27)25-16-23(38-40(10,11)30(5,6)7)24(37-25)17-36-39(8,9)29(2,3)4/h12-15,18-19,23-25H,16-17H2,1-11H3/t23-,24+,25+/m0/s1. The molecule has 8 nitrogen and oxygen atoms in total. The van der Waals surface area contributed by atoms with Crippen LogP contribution in [0.15, 0.2) is 36.9 Å². The van der Waals surface area contributed by atoms with Gasteiger partial charge >= 0.3 is 0 Å². The van der Waals surface area contributed by atoms with E-state index in [-0.39, 0.29) is 34.3 Å². The molecule has 1 aromatic carbocycles. The molecule has 0 saturated carbocycles. The molecule has 0 N–H and O–H groups in total. The van der Waals surface area contributed by atoms with E-state index in [2.05, 4.69) is 77.7 Å². The number of carbonyl (C=O) groups is 1. The Labute approximate surface area is 241 Å². The van der Waals surface area contributed by atoms with Crippen molar-refractivity contribution >= 4 is 33.6 Å². The summed E-state index contributed by atoms with van der Waals surface area (Å²) in [5.74, 6) is 0.0311. The van der Waals surface area contributed by atoms with Crippen molar-refractivity contribution in [1.29, 1.82) is 0 Å². The number of ketones is 1. The minimum atomic E-state index is -2.06. The first-order valence-corrected chi connectivity index (χ1v) is 20.0. The molecule has 40 heavy (non-hydrogen) atoms. The molecule has 10 heteroatoms. The van der Waals surface area contributed by atoms with Crippen molar-refractivity contribution in [3.63, 3.8) is 0 Å². The van der Waals surface area contributed by atoms with Gasteiger partial charge in [0.15, 0.2) is 28.1 Å². The first-order valence-electron chi connectivity index (χ1n) is 14.2. The summed E-state index contributed by atoms with van der Waals surface area (Å²) in [4.78, 5) is 25.6. The number of Topliss-reactive ketones (excluding diaryl/α,β-unsaturated/α-hetero) is 1. The predicted molar refractivity (Wildman–Crippen MR) is 165 cm³/mol. The van der Waals surface area contributed by atoms with Crippen molar-refractivity contribution in [1.82, 2.24) is 19.5 Å². The van der Waals surface area contributed by atoms with Crippen LogP contribution in [0.3, 0.4) is 0 Å². The molecule has 3 heterocycles. The lowest BCUT2D eigenvalue weighted by Gasteiger charge is -2.40. The Kier molecular flexibility index (Phi) is 8.34. The van der Waals surface area contributed by atoms with Crippen LogP contribution in [0.4, 0.5) is 0 Å². The van der Waals surface area contributed by atoms with Crippen molar-refractivity contribution < 1.29 is 18.4 Å². The quantitative estimate of drug-likeness (QED) is 0.202. The molecule has 0 amide bonds. The molecule has 1 aliphatic heterocycles. The zero-order valence-electron chi connectivity index (χ0n) is 26.0. The average molecular weight is 583 g/mol. The van der Waals surface area contributed by atoms with Crippen molar-refractivity contribution in [3.05, 3.63) is 42.5 Å². The van der Waals surface area contributed by atoms with Gasteiger partial charge in [-0.1, -0.05) is 65.8 Å². The molecule has 0 spiro atoms. The SMILES string of the molecule is CC(=O)c1ccc(-c2ncnc3c2ncn3[C@H]2C[C@H](O[Si](C)(C)C(C)(C)C)[C@@H](CO[Si](C)(C)C(C)(C)C)O2)cc1. The molecule has 1 fully saturated rings. The molecule has 2 aromatic heterocycles. The van der Waals surface area contributed by atoms with Gasteiger partial charge in [0.2, 0.25) is 0 Å². The fraction of sp³-hybridized carbons (Fsp3) is 0.600. The van der Waals surface area contributed by atoms with E-state index in [9.17, 15) is 4.79 Å². The van der Waals surface area contributed by atoms with Crippen LogP contribution in [0.2, 0.25) is 36.3 Å². The number of benzene rings is 1. The van der Waals surface area contributed by atoms with Crippen LogP contribution in [0, 0.1) is 0 Å². The number of hydrogen-bond donors (Lipinski definition) is 0.